The molecule has 0 saturated carbocycles. The van der Waals surface area contributed by atoms with Gasteiger partial charge in [-0.05, 0) is 54.1 Å². The first kappa shape index (κ1) is 11.3. The summed E-state index contributed by atoms with van der Waals surface area (Å²) >= 11 is 2.24. The summed E-state index contributed by atoms with van der Waals surface area (Å²) in [6.45, 7) is 3.95. The van der Waals surface area contributed by atoms with Gasteiger partial charge in [-0.3, -0.25) is 0 Å². The zero-order valence-electron chi connectivity index (χ0n) is 9.07. The summed E-state index contributed by atoms with van der Waals surface area (Å²) in [6, 6.07) is 7.90. The van der Waals surface area contributed by atoms with Gasteiger partial charge in [-0.1, -0.05) is 6.07 Å². The van der Waals surface area contributed by atoms with Gasteiger partial charge in [-0.15, -0.1) is 0 Å². The molecule has 2 aromatic rings. The molecule has 0 fully saturated rings. The topological polar surface area (TPSA) is 35.0 Å². The van der Waals surface area contributed by atoms with Gasteiger partial charge >= 0.3 is 0 Å². The molecule has 82 valence electrons. The van der Waals surface area contributed by atoms with E-state index in [1.54, 1.807) is 0 Å². The lowest BCUT2D eigenvalue weighted by Crippen LogP contribution is -1.92. The van der Waals surface area contributed by atoms with E-state index in [4.69, 9.17) is 4.74 Å². The van der Waals surface area contributed by atoms with Gasteiger partial charge in [0.05, 0.1) is 3.57 Å². The highest BCUT2D eigenvalue weighted by Crippen LogP contribution is 2.26. The van der Waals surface area contributed by atoms with E-state index >= 15 is 0 Å². The van der Waals surface area contributed by atoms with E-state index in [9.17, 15) is 0 Å². The van der Waals surface area contributed by atoms with Gasteiger partial charge in [-0.25, -0.2) is 9.97 Å². The van der Waals surface area contributed by atoms with Gasteiger partial charge in [0.15, 0.2) is 0 Å². The van der Waals surface area contributed by atoms with Crippen LogP contribution in [0.15, 0.2) is 30.6 Å². The van der Waals surface area contributed by atoms with E-state index in [0.29, 0.717) is 5.88 Å². The highest BCUT2D eigenvalue weighted by Gasteiger charge is 2.04. The van der Waals surface area contributed by atoms with Crippen LogP contribution in [0.1, 0.15) is 11.3 Å². The number of halogens is 1. The molecule has 0 bridgehead atoms. The third-order valence-electron chi connectivity index (χ3n) is 2.08. The van der Waals surface area contributed by atoms with Crippen LogP contribution in [0.25, 0.3) is 0 Å². The molecule has 0 aliphatic carbocycles. The summed E-state index contributed by atoms with van der Waals surface area (Å²) < 4.78 is 6.78. The fourth-order valence-electron chi connectivity index (χ4n) is 1.29. The van der Waals surface area contributed by atoms with Gasteiger partial charge in [0.25, 0.3) is 0 Å². The van der Waals surface area contributed by atoms with Crippen LogP contribution >= 0.6 is 22.6 Å². The fraction of sp³-hybridized carbons (Fsp3) is 0.167. The Kier molecular flexibility index (Phi) is 3.38. The molecular weight excluding hydrogens is 315 g/mol. The summed E-state index contributed by atoms with van der Waals surface area (Å²) in [5, 5.41) is 0. The minimum Gasteiger partial charge on any atom is -0.438 e. The van der Waals surface area contributed by atoms with Crippen molar-refractivity contribution in [1.82, 2.24) is 9.97 Å². The molecule has 0 amide bonds. The highest BCUT2D eigenvalue weighted by molar-refractivity contribution is 14.1. The molecule has 1 aromatic heterocycles. The third kappa shape index (κ3) is 2.69. The van der Waals surface area contributed by atoms with Crippen molar-refractivity contribution in [2.45, 2.75) is 13.8 Å². The van der Waals surface area contributed by atoms with E-state index in [2.05, 4.69) is 38.6 Å². The van der Waals surface area contributed by atoms with Crippen LogP contribution in [0.5, 0.6) is 11.6 Å². The minimum absolute atomic E-state index is 0.580. The van der Waals surface area contributed by atoms with Crippen LogP contribution in [0, 0.1) is 17.4 Å². The van der Waals surface area contributed by atoms with Crippen molar-refractivity contribution in [3.8, 4) is 11.6 Å². The molecule has 0 spiro atoms. The van der Waals surface area contributed by atoms with Gasteiger partial charge in [-0.2, -0.15) is 0 Å². The number of aryl methyl sites for hydroxylation is 2. The first-order chi connectivity index (χ1) is 7.65. The average Bonchev–Trinajstić information content (AvgIpc) is 2.24. The number of rotatable bonds is 2. The molecule has 16 heavy (non-hydrogen) atoms. The summed E-state index contributed by atoms with van der Waals surface area (Å²) in [4.78, 5) is 8.10. The van der Waals surface area contributed by atoms with Crippen LogP contribution in [0.4, 0.5) is 0 Å². The number of ether oxygens (including phenoxy) is 1. The molecule has 0 atom stereocenters. The fourth-order valence-corrected chi connectivity index (χ4v) is 1.73. The Labute approximate surface area is 108 Å². The van der Waals surface area contributed by atoms with Crippen molar-refractivity contribution in [1.29, 1.82) is 0 Å². The molecule has 2 rings (SSSR count). The first-order valence-electron chi connectivity index (χ1n) is 4.88. The van der Waals surface area contributed by atoms with Crippen LogP contribution in [0.2, 0.25) is 0 Å². The molecule has 4 heteroatoms. The monoisotopic (exact) mass is 326 g/mol. The number of aromatic nitrogens is 2. The smallest absolute Gasteiger partial charge is 0.222 e. The van der Waals surface area contributed by atoms with Crippen molar-refractivity contribution in [2.24, 2.45) is 0 Å². The lowest BCUT2D eigenvalue weighted by atomic mass is 10.2. The standard InChI is InChI=1S/C12H11IN2O/c1-8-3-4-10(13)11(5-8)16-12-6-9(2)14-7-15-12/h3-7H,1-2H3. The average molecular weight is 326 g/mol. The summed E-state index contributed by atoms with van der Waals surface area (Å²) in [5.41, 5.74) is 2.06. The van der Waals surface area contributed by atoms with Crippen LogP contribution in [0.3, 0.4) is 0 Å². The lowest BCUT2D eigenvalue weighted by Gasteiger charge is -2.07. The second kappa shape index (κ2) is 4.78. The summed E-state index contributed by atoms with van der Waals surface area (Å²) in [5.74, 6) is 1.41. The second-order valence-corrected chi connectivity index (χ2v) is 4.70. The molecule has 0 radical (unpaired) electrons. The Morgan fingerprint density at radius 2 is 1.94 bits per heavy atom. The van der Waals surface area contributed by atoms with E-state index in [0.717, 1.165) is 15.0 Å². The van der Waals surface area contributed by atoms with E-state index in [1.165, 1.54) is 11.9 Å². The molecule has 0 unspecified atom stereocenters. The van der Waals surface area contributed by atoms with Crippen LogP contribution in [-0.4, -0.2) is 9.97 Å². The maximum atomic E-state index is 5.71. The Morgan fingerprint density at radius 3 is 2.69 bits per heavy atom. The number of hydrogen-bond donors (Lipinski definition) is 0. The third-order valence-corrected chi connectivity index (χ3v) is 2.97. The molecular formula is C12H11IN2O. The minimum atomic E-state index is 0.580. The Hall–Kier alpha value is -1.17. The molecule has 1 aromatic carbocycles. The first-order valence-corrected chi connectivity index (χ1v) is 5.95. The Bertz CT molecular complexity index is 514. The molecule has 0 saturated heterocycles. The maximum absolute atomic E-state index is 5.71. The Balaban J connectivity index is 2.30. The van der Waals surface area contributed by atoms with Crippen molar-refractivity contribution in [3.63, 3.8) is 0 Å². The van der Waals surface area contributed by atoms with Crippen LogP contribution < -0.4 is 4.74 Å². The normalized spacial score (nSPS) is 10.2. The zero-order chi connectivity index (χ0) is 11.5. The van der Waals surface area contributed by atoms with Gasteiger partial charge in [0.1, 0.15) is 12.1 Å². The van der Waals surface area contributed by atoms with Crippen molar-refractivity contribution >= 4 is 22.6 Å². The van der Waals surface area contributed by atoms with Gasteiger partial charge in [0, 0.05) is 11.8 Å². The molecule has 0 N–H and O–H groups in total. The molecule has 1 heterocycles. The molecule has 0 aliphatic rings. The van der Waals surface area contributed by atoms with E-state index in [-0.39, 0.29) is 0 Å². The quantitative estimate of drug-likeness (QED) is 0.793. The summed E-state index contributed by atoms with van der Waals surface area (Å²) in [6.07, 6.45) is 1.51. The number of nitrogens with zero attached hydrogens (tertiary/aromatic N) is 2. The van der Waals surface area contributed by atoms with Gasteiger partial charge in [0.2, 0.25) is 5.88 Å². The zero-order valence-corrected chi connectivity index (χ0v) is 11.2. The molecule has 3 nitrogen and oxygen atoms in total. The van der Waals surface area contributed by atoms with E-state index < -0.39 is 0 Å². The Morgan fingerprint density at radius 1 is 1.12 bits per heavy atom. The predicted octanol–water partition coefficient (Wildman–Crippen LogP) is 3.49. The largest absolute Gasteiger partial charge is 0.438 e. The second-order valence-electron chi connectivity index (χ2n) is 3.53. The van der Waals surface area contributed by atoms with Crippen molar-refractivity contribution in [2.75, 3.05) is 0 Å². The maximum Gasteiger partial charge on any atom is 0.222 e. The van der Waals surface area contributed by atoms with Crippen molar-refractivity contribution < 1.29 is 4.74 Å². The number of hydrogen-bond acceptors (Lipinski definition) is 3. The predicted molar refractivity (Wildman–Crippen MR) is 70.7 cm³/mol. The van der Waals surface area contributed by atoms with Gasteiger partial charge < -0.3 is 4.74 Å². The molecule has 0 aliphatic heterocycles. The van der Waals surface area contributed by atoms with E-state index in [1.807, 2.05) is 32.0 Å². The van der Waals surface area contributed by atoms with Crippen molar-refractivity contribution in [3.05, 3.63) is 45.4 Å². The van der Waals surface area contributed by atoms with Crippen LogP contribution in [-0.2, 0) is 0 Å². The lowest BCUT2D eigenvalue weighted by molar-refractivity contribution is 0.457. The SMILES string of the molecule is Cc1ccc(I)c(Oc2cc(C)ncn2)c1. The highest BCUT2D eigenvalue weighted by atomic mass is 127. The number of benzene rings is 1. The summed E-state index contributed by atoms with van der Waals surface area (Å²) in [7, 11) is 0.